The van der Waals surface area contributed by atoms with Gasteiger partial charge in [-0.2, -0.15) is 0 Å². The lowest BCUT2D eigenvalue weighted by molar-refractivity contribution is 0.0963. The van der Waals surface area contributed by atoms with Crippen LogP contribution in [0, 0.1) is 0 Å². The molecule has 5 heteroatoms. The van der Waals surface area contributed by atoms with Gasteiger partial charge in [-0.15, -0.1) is 0 Å². The number of hydrogen-bond acceptors (Lipinski definition) is 3. The van der Waals surface area contributed by atoms with Gasteiger partial charge in [-0.05, 0) is 42.5 Å². The van der Waals surface area contributed by atoms with E-state index in [4.69, 9.17) is 0 Å². The molecule has 0 aromatic heterocycles. The SMILES string of the molecule is CNC(=O)c1ccc(C2=CC3CCCC(C2)S3(=O)=O)cc1. The molecule has 1 saturated heterocycles. The van der Waals surface area contributed by atoms with Crippen LogP contribution in [0.2, 0.25) is 0 Å². The van der Waals surface area contributed by atoms with Gasteiger partial charge in [0.15, 0.2) is 9.84 Å². The molecule has 1 N–H and O–H groups in total. The van der Waals surface area contributed by atoms with Crippen LogP contribution in [-0.4, -0.2) is 31.9 Å². The first-order chi connectivity index (χ1) is 10.0. The lowest BCUT2D eigenvalue weighted by atomic mass is 9.93. The minimum Gasteiger partial charge on any atom is -0.355 e. The van der Waals surface area contributed by atoms with Crippen LogP contribution in [0.25, 0.3) is 5.57 Å². The number of nitrogens with one attached hydrogen (secondary N) is 1. The van der Waals surface area contributed by atoms with Crippen LogP contribution < -0.4 is 5.32 Å². The van der Waals surface area contributed by atoms with Crippen molar-refractivity contribution in [3.8, 4) is 0 Å². The Morgan fingerprint density at radius 1 is 1.19 bits per heavy atom. The molecule has 1 aromatic rings. The van der Waals surface area contributed by atoms with Crippen molar-refractivity contribution in [2.45, 2.75) is 36.2 Å². The topological polar surface area (TPSA) is 63.2 Å². The van der Waals surface area contributed by atoms with Gasteiger partial charge in [-0.25, -0.2) is 8.42 Å². The molecule has 21 heavy (non-hydrogen) atoms. The molecule has 1 fully saturated rings. The minimum absolute atomic E-state index is 0.112. The van der Waals surface area contributed by atoms with Crippen molar-refractivity contribution in [2.24, 2.45) is 0 Å². The Hall–Kier alpha value is -1.62. The number of rotatable bonds is 2. The van der Waals surface area contributed by atoms with Gasteiger partial charge in [0.2, 0.25) is 0 Å². The van der Waals surface area contributed by atoms with Crippen molar-refractivity contribution in [2.75, 3.05) is 7.05 Å². The van der Waals surface area contributed by atoms with Crippen molar-refractivity contribution < 1.29 is 13.2 Å². The fraction of sp³-hybridized carbons (Fsp3) is 0.438. The largest absolute Gasteiger partial charge is 0.355 e. The molecule has 1 amide bonds. The monoisotopic (exact) mass is 305 g/mol. The Morgan fingerprint density at radius 3 is 2.52 bits per heavy atom. The summed E-state index contributed by atoms with van der Waals surface area (Å²) >= 11 is 0. The third-order valence-corrected chi connectivity index (χ3v) is 7.03. The summed E-state index contributed by atoms with van der Waals surface area (Å²) in [4.78, 5) is 11.5. The van der Waals surface area contributed by atoms with E-state index in [9.17, 15) is 13.2 Å². The molecular weight excluding hydrogens is 286 g/mol. The third kappa shape index (κ3) is 2.50. The van der Waals surface area contributed by atoms with Gasteiger partial charge < -0.3 is 5.32 Å². The smallest absolute Gasteiger partial charge is 0.251 e. The molecule has 1 aromatic carbocycles. The Morgan fingerprint density at radius 2 is 1.90 bits per heavy atom. The van der Waals surface area contributed by atoms with E-state index in [0.29, 0.717) is 12.0 Å². The Bertz CT molecular complexity index is 689. The summed E-state index contributed by atoms with van der Waals surface area (Å²) < 4.78 is 24.5. The highest BCUT2D eigenvalue weighted by molar-refractivity contribution is 7.93. The minimum atomic E-state index is -2.97. The molecule has 112 valence electrons. The van der Waals surface area contributed by atoms with Crippen LogP contribution >= 0.6 is 0 Å². The lowest BCUT2D eigenvalue weighted by Crippen LogP contribution is -2.38. The maximum Gasteiger partial charge on any atom is 0.251 e. The second kappa shape index (κ2) is 5.30. The van der Waals surface area contributed by atoms with Crippen LogP contribution in [0.15, 0.2) is 30.3 Å². The molecule has 3 rings (SSSR count). The third-order valence-electron chi connectivity index (χ3n) is 4.48. The maximum absolute atomic E-state index is 12.3. The Balaban J connectivity index is 1.91. The Labute approximate surface area is 125 Å². The van der Waals surface area contributed by atoms with Crippen molar-refractivity contribution in [3.05, 3.63) is 41.5 Å². The average Bonchev–Trinajstić information content (AvgIpc) is 2.45. The van der Waals surface area contributed by atoms with Crippen LogP contribution in [-0.2, 0) is 9.84 Å². The van der Waals surface area contributed by atoms with Crippen LogP contribution in [0.5, 0.6) is 0 Å². The van der Waals surface area contributed by atoms with Gasteiger partial charge in [0.1, 0.15) is 0 Å². The van der Waals surface area contributed by atoms with Gasteiger partial charge in [-0.1, -0.05) is 24.6 Å². The Kier molecular flexibility index (Phi) is 3.61. The summed E-state index contributed by atoms with van der Waals surface area (Å²) in [7, 11) is -1.37. The number of carbonyl (C=O) groups is 1. The van der Waals surface area contributed by atoms with Gasteiger partial charge in [-0.3, -0.25) is 4.79 Å². The zero-order valence-electron chi connectivity index (χ0n) is 12.0. The molecule has 2 heterocycles. The number of allylic oxidation sites excluding steroid dienone is 1. The molecule has 2 aliphatic rings. The fourth-order valence-electron chi connectivity index (χ4n) is 3.25. The van der Waals surface area contributed by atoms with E-state index in [-0.39, 0.29) is 16.4 Å². The molecular formula is C16H19NO3S. The van der Waals surface area contributed by atoms with E-state index in [0.717, 1.165) is 30.4 Å². The number of carbonyl (C=O) groups excluding carboxylic acids is 1. The number of fused-ring (bicyclic) bond motifs is 2. The highest BCUT2D eigenvalue weighted by atomic mass is 32.2. The fourth-order valence-corrected chi connectivity index (χ4v) is 5.50. The number of hydrogen-bond donors (Lipinski definition) is 1. The highest BCUT2D eigenvalue weighted by Crippen LogP contribution is 2.39. The van der Waals surface area contributed by atoms with E-state index in [1.165, 1.54) is 0 Å². The molecule has 0 spiro atoms. The first-order valence-corrected chi connectivity index (χ1v) is 8.89. The van der Waals surface area contributed by atoms with E-state index in [1.54, 1.807) is 19.2 Å². The first-order valence-electron chi connectivity index (χ1n) is 7.28. The molecule has 0 radical (unpaired) electrons. The quantitative estimate of drug-likeness (QED) is 0.911. The van der Waals surface area contributed by atoms with Gasteiger partial charge >= 0.3 is 0 Å². The molecule has 2 atom stereocenters. The average molecular weight is 305 g/mol. The van der Waals surface area contributed by atoms with Crippen LogP contribution in [0.1, 0.15) is 41.6 Å². The zero-order valence-corrected chi connectivity index (χ0v) is 12.8. The lowest BCUT2D eigenvalue weighted by Gasteiger charge is -2.33. The van der Waals surface area contributed by atoms with Gasteiger partial charge in [0.25, 0.3) is 5.91 Å². The summed E-state index contributed by atoms with van der Waals surface area (Å²) in [5, 5.41) is 2.04. The summed E-state index contributed by atoms with van der Waals surface area (Å²) in [5.74, 6) is -0.112. The van der Waals surface area contributed by atoms with E-state index >= 15 is 0 Å². The molecule has 2 bridgehead atoms. The standard InChI is InChI=1S/C16H19NO3S/c1-17-16(18)12-7-5-11(6-8-12)13-9-14-3-2-4-15(10-13)21(14,19)20/h5-9,14-15H,2-4,10H2,1H3,(H,17,18). The molecule has 4 nitrogen and oxygen atoms in total. The normalized spacial score (nSPS) is 26.8. The number of benzene rings is 1. The van der Waals surface area contributed by atoms with Crippen molar-refractivity contribution in [1.29, 1.82) is 0 Å². The van der Waals surface area contributed by atoms with E-state index in [1.807, 2.05) is 18.2 Å². The molecule has 2 aliphatic heterocycles. The second-order valence-corrected chi connectivity index (χ2v) is 8.18. The van der Waals surface area contributed by atoms with Crippen molar-refractivity contribution in [3.63, 3.8) is 0 Å². The maximum atomic E-state index is 12.3. The predicted molar refractivity (Wildman–Crippen MR) is 82.8 cm³/mol. The molecule has 2 unspecified atom stereocenters. The summed E-state index contributed by atoms with van der Waals surface area (Å²) in [6.07, 6.45) is 5.01. The van der Waals surface area contributed by atoms with Gasteiger partial charge in [0.05, 0.1) is 10.5 Å². The predicted octanol–water partition coefficient (Wildman–Crippen LogP) is 2.17. The zero-order chi connectivity index (χ0) is 15.0. The van der Waals surface area contributed by atoms with Crippen LogP contribution in [0.3, 0.4) is 0 Å². The molecule has 0 saturated carbocycles. The number of amides is 1. The second-order valence-electron chi connectivity index (χ2n) is 5.73. The van der Waals surface area contributed by atoms with E-state index in [2.05, 4.69) is 5.32 Å². The van der Waals surface area contributed by atoms with Gasteiger partial charge in [0, 0.05) is 12.6 Å². The number of sulfone groups is 1. The molecule has 0 aliphatic carbocycles. The van der Waals surface area contributed by atoms with Crippen molar-refractivity contribution in [1.82, 2.24) is 5.32 Å². The van der Waals surface area contributed by atoms with Crippen molar-refractivity contribution >= 4 is 21.3 Å². The summed E-state index contributed by atoms with van der Waals surface area (Å²) in [5.41, 5.74) is 2.74. The van der Waals surface area contributed by atoms with Crippen LogP contribution in [0.4, 0.5) is 0 Å². The summed E-state index contributed by atoms with van der Waals surface area (Å²) in [6, 6.07) is 7.38. The summed E-state index contributed by atoms with van der Waals surface area (Å²) in [6.45, 7) is 0. The first kappa shape index (κ1) is 14.3. The van der Waals surface area contributed by atoms with E-state index < -0.39 is 9.84 Å². The highest BCUT2D eigenvalue weighted by Gasteiger charge is 2.40.